The smallest absolute Gasteiger partial charge is 0.317 e. The van der Waals surface area contributed by atoms with E-state index in [1.165, 1.54) is 17.1 Å². The van der Waals surface area contributed by atoms with E-state index >= 15 is 0 Å². The number of nitrogens with zero attached hydrogens (tertiary/aromatic N) is 5. The van der Waals surface area contributed by atoms with E-state index < -0.39 is 21.2 Å². The predicted octanol–water partition coefficient (Wildman–Crippen LogP) is 1.51. The molecule has 0 aromatic carbocycles. The maximum atomic E-state index is 12.5. The largest absolute Gasteiger partial charge is 0.346 e. The zero-order valence-corrected chi connectivity index (χ0v) is 14.8. The first-order chi connectivity index (χ1) is 11.3. The van der Waals surface area contributed by atoms with Crippen molar-refractivity contribution in [3.8, 4) is 0 Å². The van der Waals surface area contributed by atoms with Gasteiger partial charge in [0.2, 0.25) is 0 Å². The molecule has 0 N–H and O–H groups in total. The number of amides is 1. The molecule has 0 bridgehead atoms. The molecule has 0 atom stereocenters. The Balaban J connectivity index is 3.14. The van der Waals surface area contributed by atoms with Gasteiger partial charge in [0.15, 0.2) is 0 Å². The zero-order chi connectivity index (χ0) is 18.3. The second-order valence-corrected chi connectivity index (χ2v) is 7.02. The molecule has 9 heteroatoms. The Morgan fingerprint density at radius 3 is 2.21 bits per heavy atom. The van der Waals surface area contributed by atoms with E-state index in [0.29, 0.717) is 6.54 Å². The molecule has 0 aliphatic rings. The first-order valence-electron chi connectivity index (χ1n) is 7.35. The highest BCUT2D eigenvalue weighted by atomic mass is 32.2. The lowest BCUT2D eigenvalue weighted by molar-refractivity contribution is 0.188. The summed E-state index contributed by atoms with van der Waals surface area (Å²) in [4.78, 5) is 17.7. The Labute approximate surface area is 142 Å². The predicted molar refractivity (Wildman–Crippen MR) is 92.0 cm³/mol. The lowest BCUT2D eigenvalue weighted by atomic mass is 10.3. The van der Waals surface area contributed by atoms with Crippen LogP contribution in [0.4, 0.5) is 4.79 Å². The van der Waals surface area contributed by atoms with Crippen LogP contribution in [0.25, 0.3) is 0 Å². The molecule has 1 heterocycles. The summed E-state index contributed by atoms with van der Waals surface area (Å²) < 4.78 is 27.1. The highest BCUT2D eigenvalue weighted by Gasteiger charge is 2.28. The average Bonchev–Trinajstić information content (AvgIpc) is 3.02. The van der Waals surface area contributed by atoms with Crippen molar-refractivity contribution < 1.29 is 13.2 Å². The summed E-state index contributed by atoms with van der Waals surface area (Å²) in [7, 11) is -3.94. The number of carbonyl (C=O) groups is 1. The van der Waals surface area contributed by atoms with Crippen molar-refractivity contribution in [1.82, 2.24) is 24.0 Å². The molecular formula is C15H23N5O3S. The van der Waals surface area contributed by atoms with Gasteiger partial charge >= 0.3 is 6.03 Å². The minimum absolute atomic E-state index is 0.0887. The van der Waals surface area contributed by atoms with Crippen molar-refractivity contribution in [3.63, 3.8) is 0 Å². The molecule has 132 valence electrons. The summed E-state index contributed by atoms with van der Waals surface area (Å²) in [6, 6.07) is -0.573. The van der Waals surface area contributed by atoms with Gasteiger partial charge in [0.25, 0.3) is 15.2 Å². The maximum Gasteiger partial charge on any atom is 0.346 e. The minimum Gasteiger partial charge on any atom is -0.317 e. The molecule has 8 nitrogen and oxygen atoms in total. The molecule has 24 heavy (non-hydrogen) atoms. The molecule has 1 aromatic heterocycles. The lowest BCUT2D eigenvalue weighted by Gasteiger charge is -2.24. The number of carbonyl (C=O) groups excluding carboxylic acids is 1. The van der Waals surface area contributed by atoms with Gasteiger partial charge in [-0.1, -0.05) is 18.2 Å². The van der Waals surface area contributed by atoms with Gasteiger partial charge in [-0.05, 0) is 13.8 Å². The van der Waals surface area contributed by atoms with E-state index in [4.69, 9.17) is 0 Å². The first kappa shape index (κ1) is 19.8. The molecule has 1 amide bonds. The van der Waals surface area contributed by atoms with Crippen LogP contribution in [0.15, 0.2) is 49.4 Å². The van der Waals surface area contributed by atoms with E-state index in [-0.39, 0.29) is 19.1 Å². The molecule has 0 aliphatic carbocycles. The van der Waals surface area contributed by atoms with Crippen LogP contribution in [0.5, 0.6) is 0 Å². The maximum absolute atomic E-state index is 12.5. The molecule has 1 aromatic rings. The number of sulfonamides is 1. The van der Waals surface area contributed by atoms with Gasteiger partial charge in [0.05, 0.1) is 0 Å². The second-order valence-electron chi connectivity index (χ2n) is 5.19. The fourth-order valence-electron chi connectivity index (χ4n) is 1.91. The third-order valence-electron chi connectivity index (χ3n) is 3.10. The topological polar surface area (TPSA) is 88.4 Å². The van der Waals surface area contributed by atoms with Gasteiger partial charge in [-0.2, -0.15) is 8.99 Å². The van der Waals surface area contributed by atoms with E-state index in [2.05, 4.69) is 29.8 Å². The molecule has 0 radical (unpaired) electrons. The van der Waals surface area contributed by atoms with Crippen LogP contribution in [0.1, 0.15) is 13.8 Å². The summed E-state index contributed by atoms with van der Waals surface area (Å²) in [6.45, 7) is 14.8. The molecule has 0 aliphatic heterocycles. The lowest BCUT2D eigenvalue weighted by Crippen LogP contribution is -2.40. The fourth-order valence-corrected chi connectivity index (χ4v) is 3.12. The van der Waals surface area contributed by atoms with Gasteiger partial charge < -0.3 is 4.90 Å². The number of aromatic nitrogens is 3. The monoisotopic (exact) mass is 353 g/mol. The van der Waals surface area contributed by atoms with Gasteiger partial charge in [0.1, 0.15) is 6.33 Å². The molecular weight excluding hydrogens is 330 g/mol. The van der Waals surface area contributed by atoms with Gasteiger partial charge in [-0.15, -0.1) is 24.8 Å². The van der Waals surface area contributed by atoms with E-state index in [1.54, 1.807) is 6.08 Å². The highest BCUT2D eigenvalue weighted by Crippen LogP contribution is 2.11. The molecule has 0 saturated heterocycles. The molecule has 0 spiro atoms. The summed E-state index contributed by atoms with van der Waals surface area (Å²) in [6.07, 6.45) is 5.58. The summed E-state index contributed by atoms with van der Waals surface area (Å²) >= 11 is 0. The van der Waals surface area contributed by atoms with Crippen LogP contribution in [0.2, 0.25) is 0 Å². The van der Waals surface area contributed by atoms with Crippen LogP contribution in [0.3, 0.4) is 0 Å². The Kier molecular flexibility index (Phi) is 7.05. The Hall–Kier alpha value is -2.26. The van der Waals surface area contributed by atoms with Gasteiger partial charge in [-0.25, -0.2) is 18.2 Å². The van der Waals surface area contributed by atoms with E-state index in [9.17, 15) is 13.2 Å². The summed E-state index contributed by atoms with van der Waals surface area (Å²) in [5, 5.41) is 3.39. The van der Waals surface area contributed by atoms with Crippen LogP contribution >= 0.6 is 0 Å². The summed E-state index contributed by atoms with van der Waals surface area (Å²) in [5.74, 6) is 0. The first-order valence-corrected chi connectivity index (χ1v) is 8.79. The van der Waals surface area contributed by atoms with Crippen molar-refractivity contribution in [3.05, 3.63) is 44.3 Å². The normalized spacial score (nSPS) is 11.5. The van der Waals surface area contributed by atoms with Crippen molar-refractivity contribution >= 4 is 16.1 Å². The van der Waals surface area contributed by atoms with Crippen molar-refractivity contribution in [1.29, 1.82) is 0 Å². The quantitative estimate of drug-likeness (QED) is 0.628. The van der Waals surface area contributed by atoms with Gasteiger partial charge in [0, 0.05) is 25.7 Å². The Morgan fingerprint density at radius 1 is 1.21 bits per heavy atom. The van der Waals surface area contributed by atoms with E-state index in [0.717, 1.165) is 15.3 Å². The molecule has 0 saturated carbocycles. The van der Waals surface area contributed by atoms with Gasteiger partial charge in [-0.3, -0.25) is 0 Å². The Bertz CT molecular complexity index is 698. The second kappa shape index (κ2) is 8.55. The fraction of sp³-hybridized carbons (Fsp3) is 0.400. The minimum atomic E-state index is -3.94. The average molecular weight is 353 g/mol. The third-order valence-corrected chi connectivity index (χ3v) is 4.72. The van der Waals surface area contributed by atoms with Crippen LogP contribution in [0, 0.1) is 0 Å². The van der Waals surface area contributed by atoms with Crippen molar-refractivity contribution in [2.75, 3.05) is 19.6 Å². The van der Waals surface area contributed by atoms with Crippen LogP contribution in [-0.4, -0.2) is 64.1 Å². The van der Waals surface area contributed by atoms with Crippen molar-refractivity contribution in [2.45, 2.75) is 25.0 Å². The number of rotatable bonds is 9. The number of hydrogen-bond acceptors (Lipinski definition) is 5. The molecule has 1 rings (SSSR count). The number of hydrogen-bond donors (Lipinski definition) is 0. The van der Waals surface area contributed by atoms with Crippen LogP contribution < -0.4 is 0 Å². The standard InChI is InChI=1S/C15H23N5O3S/c1-6-9-18(10-7-2)24(22,23)14-16-12-20(17-14)15(21)19(11-8-3)13(4)5/h6-8,12-13H,1-3,9-11H2,4-5H3. The third kappa shape index (κ3) is 4.39. The van der Waals surface area contributed by atoms with Crippen LogP contribution in [-0.2, 0) is 10.0 Å². The Morgan fingerprint density at radius 2 is 1.75 bits per heavy atom. The highest BCUT2D eigenvalue weighted by molar-refractivity contribution is 7.89. The summed E-state index contributed by atoms with van der Waals surface area (Å²) in [5.41, 5.74) is 0. The SMILES string of the molecule is C=CCN(C(=O)n1cnc(S(=O)(=O)N(CC=C)CC=C)n1)C(C)C. The molecule has 0 unspecified atom stereocenters. The zero-order valence-electron chi connectivity index (χ0n) is 14.0. The van der Waals surface area contributed by atoms with E-state index in [1.807, 2.05) is 13.8 Å². The molecule has 0 fully saturated rings. The van der Waals surface area contributed by atoms with Crippen molar-refractivity contribution in [2.24, 2.45) is 0 Å².